The SMILES string of the molecule is C[C@H](NC(=O)C1CN2CCOC12)c1cccc2ccccc12. The molecule has 4 heteroatoms. The molecule has 2 unspecified atom stereocenters. The molecule has 0 aromatic heterocycles. The zero-order valence-electron chi connectivity index (χ0n) is 12.7. The highest BCUT2D eigenvalue weighted by Gasteiger charge is 2.47. The average Bonchev–Trinajstić information content (AvgIpc) is 2.87. The molecule has 4 rings (SSSR count). The summed E-state index contributed by atoms with van der Waals surface area (Å²) in [6, 6.07) is 14.5. The van der Waals surface area contributed by atoms with Gasteiger partial charge in [0.2, 0.25) is 5.91 Å². The van der Waals surface area contributed by atoms with Gasteiger partial charge in [0.1, 0.15) is 6.23 Å². The van der Waals surface area contributed by atoms with Crippen LogP contribution in [0.1, 0.15) is 18.5 Å². The highest BCUT2D eigenvalue weighted by molar-refractivity contribution is 5.87. The van der Waals surface area contributed by atoms with E-state index in [2.05, 4.69) is 34.5 Å². The van der Waals surface area contributed by atoms with Gasteiger partial charge in [-0.05, 0) is 23.3 Å². The molecule has 3 atom stereocenters. The van der Waals surface area contributed by atoms with E-state index < -0.39 is 0 Å². The van der Waals surface area contributed by atoms with Gasteiger partial charge in [0.05, 0.1) is 18.6 Å². The third-order valence-corrected chi connectivity index (χ3v) is 4.79. The summed E-state index contributed by atoms with van der Waals surface area (Å²) in [7, 11) is 0. The summed E-state index contributed by atoms with van der Waals surface area (Å²) < 4.78 is 5.61. The number of benzene rings is 2. The molecule has 0 spiro atoms. The van der Waals surface area contributed by atoms with Crippen molar-refractivity contribution in [2.75, 3.05) is 19.7 Å². The van der Waals surface area contributed by atoms with Crippen molar-refractivity contribution in [3.8, 4) is 0 Å². The lowest BCUT2D eigenvalue weighted by atomic mass is 9.95. The third-order valence-electron chi connectivity index (χ3n) is 4.79. The van der Waals surface area contributed by atoms with E-state index in [-0.39, 0.29) is 24.1 Å². The Hall–Kier alpha value is -1.91. The van der Waals surface area contributed by atoms with Gasteiger partial charge in [0.25, 0.3) is 0 Å². The van der Waals surface area contributed by atoms with Gasteiger partial charge in [-0.2, -0.15) is 0 Å². The molecule has 0 saturated carbocycles. The Bertz CT molecular complexity index is 710. The first-order valence-electron chi connectivity index (χ1n) is 7.88. The fraction of sp³-hybridized carbons (Fsp3) is 0.389. The number of carbonyl (C=O) groups is 1. The molecular weight excluding hydrogens is 276 g/mol. The molecule has 22 heavy (non-hydrogen) atoms. The molecule has 0 radical (unpaired) electrons. The number of hydrogen-bond acceptors (Lipinski definition) is 3. The van der Waals surface area contributed by atoms with Crippen molar-refractivity contribution in [2.45, 2.75) is 19.2 Å². The predicted octanol–water partition coefficient (Wildman–Crippen LogP) is 2.31. The molecule has 2 aromatic rings. The van der Waals surface area contributed by atoms with Crippen LogP contribution in [0.4, 0.5) is 0 Å². The molecule has 1 amide bonds. The molecule has 2 aliphatic rings. The van der Waals surface area contributed by atoms with Gasteiger partial charge in [-0.25, -0.2) is 0 Å². The number of hydrogen-bond donors (Lipinski definition) is 1. The van der Waals surface area contributed by atoms with Crippen molar-refractivity contribution in [2.24, 2.45) is 5.92 Å². The smallest absolute Gasteiger partial charge is 0.228 e. The van der Waals surface area contributed by atoms with E-state index in [4.69, 9.17) is 4.74 Å². The van der Waals surface area contributed by atoms with Crippen molar-refractivity contribution in [1.29, 1.82) is 0 Å². The average molecular weight is 296 g/mol. The number of carbonyl (C=O) groups excluding carboxylic acids is 1. The van der Waals surface area contributed by atoms with Crippen molar-refractivity contribution in [3.63, 3.8) is 0 Å². The lowest BCUT2D eigenvalue weighted by Gasteiger charge is -2.41. The Kier molecular flexibility index (Phi) is 3.36. The van der Waals surface area contributed by atoms with Gasteiger partial charge in [0.15, 0.2) is 0 Å². The number of fused-ring (bicyclic) bond motifs is 2. The summed E-state index contributed by atoms with van der Waals surface area (Å²) >= 11 is 0. The number of nitrogens with zero attached hydrogens (tertiary/aromatic N) is 1. The lowest BCUT2D eigenvalue weighted by Crippen LogP contribution is -2.58. The molecule has 2 aliphatic heterocycles. The van der Waals surface area contributed by atoms with E-state index in [1.807, 2.05) is 25.1 Å². The van der Waals surface area contributed by atoms with E-state index in [1.54, 1.807) is 0 Å². The Morgan fingerprint density at radius 3 is 2.95 bits per heavy atom. The molecule has 2 aromatic carbocycles. The lowest BCUT2D eigenvalue weighted by molar-refractivity contribution is -0.149. The van der Waals surface area contributed by atoms with E-state index in [0.717, 1.165) is 25.3 Å². The first kappa shape index (κ1) is 13.7. The minimum absolute atomic E-state index is 0.000262. The number of ether oxygens (including phenoxy) is 1. The van der Waals surface area contributed by atoms with Gasteiger partial charge in [-0.3, -0.25) is 9.69 Å². The molecule has 2 fully saturated rings. The standard InChI is InChI=1S/C18H20N2O2/c1-12(14-8-4-6-13-5-2-3-7-15(13)14)19-17(21)16-11-20-9-10-22-18(16)20/h2-8,12,16,18H,9-11H2,1H3,(H,19,21)/t12-,16?,18?/m0/s1. The summed E-state index contributed by atoms with van der Waals surface area (Å²) in [6.07, 6.45) is -0.000262. The first-order valence-corrected chi connectivity index (χ1v) is 7.88. The number of nitrogens with one attached hydrogen (secondary N) is 1. The van der Waals surface area contributed by atoms with Gasteiger partial charge < -0.3 is 10.1 Å². The second kappa shape index (κ2) is 5.38. The highest BCUT2D eigenvalue weighted by atomic mass is 16.5. The van der Waals surface area contributed by atoms with Crippen LogP contribution in [0.5, 0.6) is 0 Å². The summed E-state index contributed by atoms with van der Waals surface area (Å²) in [5, 5.41) is 5.56. The van der Waals surface area contributed by atoms with Gasteiger partial charge in [-0.1, -0.05) is 42.5 Å². The zero-order valence-corrected chi connectivity index (χ0v) is 12.7. The Balaban J connectivity index is 1.51. The molecular formula is C18H20N2O2. The van der Waals surface area contributed by atoms with Crippen LogP contribution in [0.25, 0.3) is 10.8 Å². The van der Waals surface area contributed by atoms with Crippen molar-refractivity contribution in [3.05, 3.63) is 48.0 Å². The second-order valence-electron chi connectivity index (χ2n) is 6.16. The van der Waals surface area contributed by atoms with Crippen LogP contribution >= 0.6 is 0 Å². The second-order valence-corrected chi connectivity index (χ2v) is 6.16. The highest BCUT2D eigenvalue weighted by Crippen LogP contribution is 2.31. The van der Waals surface area contributed by atoms with Crippen LogP contribution in [-0.2, 0) is 9.53 Å². The fourth-order valence-electron chi connectivity index (χ4n) is 3.53. The first-order chi connectivity index (χ1) is 10.7. The van der Waals surface area contributed by atoms with Gasteiger partial charge >= 0.3 is 0 Å². The Morgan fingerprint density at radius 1 is 1.27 bits per heavy atom. The minimum Gasteiger partial charge on any atom is -0.361 e. The fourth-order valence-corrected chi connectivity index (χ4v) is 3.53. The van der Waals surface area contributed by atoms with E-state index in [0.29, 0.717) is 0 Å². The maximum Gasteiger partial charge on any atom is 0.228 e. The summed E-state index contributed by atoms with van der Waals surface area (Å²) in [6.45, 7) is 4.56. The normalized spacial score (nSPS) is 25.5. The molecule has 2 saturated heterocycles. The summed E-state index contributed by atoms with van der Waals surface area (Å²) in [4.78, 5) is 14.7. The number of amides is 1. The Morgan fingerprint density at radius 2 is 2.09 bits per heavy atom. The zero-order chi connectivity index (χ0) is 15.1. The van der Waals surface area contributed by atoms with Crippen LogP contribution in [0.15, 0.2) is 42.5 Å². The van der Waals surface area contributed by atoms with Crippen LogP contribution in [0, 0.1) is 5.92 Å². The molecule has 0 bridgehead atoms. The largest absolute Gasteiger partial charge is 0.361 e. The van der Waals surface area contributed by atoms with Gasteiger partial charge in [0, 0.05) is 13.1 Å². The molecule has 4 nitrogen and oxygen atoms in total. The minimum atomic E-state index is -0.0278. The van der Waals surface area contributed by atoms with E-state index in [1.165, 1.54) is 10.8 Å². The maximum atomic E-state index is 12.5. The van der Waals surface area contributed by atoms with Crippen molar-refractivity contribution >= 4 is 16.7 Å². The van der Waals surface area contributed by atoms with Gasteiger partial charge in [-0.15, -0.1) is 0 Å². The molecule has 114 valence electrons. The van der Waals surface area contributed by atoms with E-state index >= 15 is 0 Å². The van der Waals surface area contributed by atoms with Crippen molar-refractivity contribution < 1.29 is 9.53 Å². The predicted molar refractivity (Wildman–Crippen MR) is 85.3 cm³/mol. The summed E-state index contributed by atoms with van der Waals surface area (Å²) in [5.41, 5.74) is 1.16. The molecule has 1 N–H and O–H groups in total. The molecule has 0 aliphatic carbocycles. The van der Waals surface area contributed by atoms with Crippen molar-refractivity contribution in [1.82, 2.24) is 10.2 Å². The Labute approximate surface area is 130 Å². The van der Waals surface area contributed by atoms with Crippen LogP contribution in [-0.4, -0.2) is 36.7 Å². The molecule has 2 heterocycles. The topological polar surface area (TPSA) is 41.6 Å². The third kappa shape index (κ3) is 2.19. The summed E-state index contributed by atoms with van der Waals surface area (Å²) in [5.74, 6) is 0.0727. The monoisotopic (exact) mass is 296 g/mol. The van der Waals surface area contributed by atoms with E-state index in [9.17, 15) is 4.79 Å². The maximum absolute atomic E-state index is 12.5. The number of rotatable bonds is 3. The van der Waals surface area contributed by atoms with Crippen LogP contribution in [0.2, 0.25) is 0 Å². The quantitative estimate of drug-likeness (QED) is 0.945. The van der Waals surface area contributed by atoms with Crippen LogP contribution < -0.4 is 5.32 Å². The van der Waals surface area contributed by atoms with Crippen LogP contribution in [0.3, 0.4) is 0 Å².